The zero-order chi connectivity index (χ0) is 30.2. The van der Waals surface area contributed by atoms with E-state index in [9.17, 15) is 18.0 Å². The number of halogens is 3. The van der Waals surface area contributed by atoms with Crippen molar-refractivity contribution in [1.29, 1.82) is 0 Å². The number of benzene rings is 1. The Morgan fingerprint density at radius 1 is 1.12 bits per heavy atom. The summed E-state index contributed by atoms with van der Waals surface area (Å²) in [5.41, 5.74) is 1.78. The summed E-state index contributed by atoms with van der Waals surface area (Å²) >= 11 is 0. The van der Waals surface area contributed by atoms with Gasteiger partial charge in [-0.05, 0) is 49.1 Å². The lowest BCUT2D eigenvalue weighted by Gasteiger charge is -2.39. The smallest absolute Gasteiger partial charge is 0.416 e. The minimum Gasteiger partial charge on any atom is -0.491 e. The first kappa shape index (κ1) is 28.8. The SMILES string of the molecule is Cc1cc(OC[C@H](C)c2ccccc2)cn2nc(CCN3CC4(CCN(c5cc(C(F)(F)F)ccn5)CC4)NC3=O)nc12. The first-order valence-electron chi connectivity index (χ1n) is 14.5. The molecule has 9 nitrogen and oxygen atoms in total. The number of carbonyl (C=O) groups is 1. The molecule has 2 fully saturated rings. The van der Waals surface area contributed by atoms with Crippen LogP contribution < -0.4 is 15.0 Å². The van der Waals surface area contributed by atoms with E-state index in [0.29, 0.717) is 63.7 Å². The molecule has 0 radical (unpaired) electrons. The Morgan fingerprint density at radius 2 is 1.88 bits per heavy atom. The van der Waals surface area contributed by atoms with E-state index >= 15 is 0 Å². The molecule has 4 aromatic rings. The van der Waals surface area contributed by atoms with Gasteiger partial charge in [-0.3, -0.25) is 0 Å². The maximum Gasteiger partial charge on any atom is 0.416 e. The highest BCUT2D eigenvalue weighted by Crippen LogP contribution is 2.34. The van der Waals surface area contributed by atoms with E-state index in [-0.39, 0.29) is 11.9 Å². The normalized spacial score (nSPS) is 17.5. The van der Waals surface area contributed by atoms with Crippen LogP contribution in [0.4, 0.5) is 23.8 Å². The number of nitrogens with zero attached hydrogens (tertiary/aromatic N) is 6. The van der Waals surface area contributed by atoms with Crippen LogP contribution in [0.1, 0.15) is 48.2 Å². The molecule has 1 atom stereocenters. The van der Waals surface area contributed by atoms with E-state index in [1.807, 2.05) is 42.3 Å². The number of urea groups is 1. The first-order valence-corrected chi connectivity index (χ1v) is 14.5. The van der Waals surface area contributed by atoms with Crippen molar-refractivity contribution in [3.63, 3.8) is 0 Å². The van der Waals surface area contributed by atoms with Crippen LogP contribution in [0.3, 0.4) is 0 Å². The molecule has 1 spiro atoms. The number of aromatic nitrogens is 4. The van der Waals surface area contributed by atoms with Crippen LogP contribution in [0, 0.1) is 6.92 Å². The second kappa shape index (κ2) is 11.4. The van der Waals surface area contributed by atoms with Gasteiger partial charge >= 0.3 is 12.2 Å². The Kier molecular flexibility index (Phi) is 7.61. The molecule has 0 unspecified atom stereocenters. The van der Waals surface area contributed by atoms with Crippen molar-refractivity contribution in [1.82, 2.24) is 29.8 Å². The molecule has 2 aliphatic rings. The van der Waals surface area contributed by atoms with Gasteiger partial charge in [0.2, 0.25) is 0 Å². The van der Waals surface area contributed by atoms with E-state index < -0.39 is 17.3 Å². The summed E-state index contributed by atoms with van der Waals surface area (Å²) < 4.78 is 47.3. The number of ether oxygens (including phenoxy) is 1. The Morgan fingerprint density at radius 3 is 2.63 bits per heavy atom. The Bertz CT molecular complexity index is 1600. The fourth-order valence-corrected chi connectivity index (χ4v) is 5.86. The van der Waals surface area contributed by atoms with Gasteiger partial charge in [0, 0.05) is 44.7 Å². The van der Waals surface area contributed by atoms with Crippen LogP contribution in [0.5, 0.6) is 5.75 Å². The molecule has 226 valence electrons. The van der Waals surface area contributed by atoms with Gasteiger partial charge in [0.25, 0.3) is 0 Å². The summed E-state index contributed by atoms with van der Waals surface area (Å²) in [6.45, 7) is 6.63. The van der Waals surface area contributed by atoms with Gasteiger partial charge in [-0.2, -0.15) is 18.3 Å². The maximum atomic E-state index is 13.2. The van der Waals surface area contributed by atoms with Gasteiger partial charge in [0.15, 0.2) is 11.5 Å². The number of carbonyl (C=O) groups excluding carboxylic acids is 1. The fraction of sp³-hybridized carbons (Fsp3) is 0.419. The zero-order valence-electron chi connectivity index (χ0n) is 24.1. The molecule has 0 bridgehead atoms. The second-order valence-electron chi connectivity index (χ2n) is 11.5. The number of anilines is 1. The number of alkyl halides is 3. The topological polar surface area (TPSA) is 87.9 Å². The highest BCUT2D eigenvalue weighted by molar-refractivity contribution is 5.78. The summed E-state index contributed by atoms with van der Waals surface area (Å²) in [6, 6.07) is 14.1. The standard InChI is InChI=1S/C31H34F3N7O2/c1-21-16-25(43-19-22(2)23-6-4-3-5-7-23)18-41-28(21)36-26(38-41)9-13-40-20-30(37-29(40)42)10-14-39(15-11-30)27-17-24(8-12-35-27)31(32,33)34/h3-8,12,16-18,22H,9-11,13-15,19-20H2,1-2H3,(H,37,42)/t22-/m0/s1. The van der Waals surface area contributed by atoms with Crippen LogP contribution in [0.2, 0.25) is 0 Å². The van der Waals surface area contributed by atoms with E-state index in [1.165, 1.54) is 11.8 Å². The molecular formula is C31H34F3N7O2. The third kappa shape index (κ3) is 6.23. The molecule has 2 aliphatic heterocycles. The van der Waals surface area contributed by atoms with Gasteiger partial charge in [-0.15, -0.1) is 0 Å². The van der Waals surface area contributed by atoms with Gasteiger partial charge in [0.05, 0.1) is 23.9 Å². The molecule has 0 aliphatic carbocycles. The number of hydrogen-bond donors (Lipinski definition) is 1. The second-order valence-corrected chi connectivity index (χ2v) is 11.5. The Balaban J connectivity index is 1.04. The monoisotopic (exact) mass is 593 g/mol. The van der Waals surface area contributed by atoms with Crippen LogP contribution in [-0.2, 0) is 12.6 Å². The van der Waals surface area contributed by atoms with Gasteiger partial charge < -0.3 is 19.9 Å². The fourth-order valence-electron chi connectivity index (χ4n) is 5.86. The number of pyridine rings is 2. The van der Waals surface area contributed by atoms with Crippen molar-refractivity contribution in [3.05, 3.63) is 83.4 Å². The van der Waals surface area contributed by atoms with Crippen molar-refractivity contribution >= 4 is 17.5 Å². The lowest BCUT2D eigenvalue weighted by molar-refractivity contribution is -0.137. The molecule has 2 amide bonds. The van der Waals surface area contributed by atoms with Crippen LogP contribution in [0.25, 0.3) is 5.65 Å². The first-order chi connectivity index (χ1) is 20.6. The molecule has 0 saturated carbocycles. The zero-order valence-corrected chi connectivity index (χ0v) is 24.1. The number of nitrogens with one attached hydrogen (secondary N) is 1. The van der Waals surface area contributed by atoms with Gasteiger partial charge in [-0.1, -0.05) is 37.3 Å². The highest BCUT2D eigenvalue weighted by atomic mass is 19.4. The predicted octanol–water partition coefficient (Wildman–Crippen LogP) is 5.24. The summed E-state index contributed by atoms with van der Waals surface area (Å²) in [5.74, 6) is 1.90. The van der Waals surface area contributed by atoms with E-state index in [1.54, 1.807) is 9.42 Å². The molecule has 1 N–H and O–H groups in total. The highest BCUT2D eigenvalue weighted by Gasteiger charge is 2.44. The Labute approximate surface area is 247 Å². The van der Waals surface area contributed by atoms with Gasteiger partial charge in [-0.25, -0.2) is 19.3 Å². The number of hydrogen-bond acceptors (Lipinski definition) is 6. The Hall–Kier alpha value is -4.35. The number of rotatable bonds is 8. The van der Waals surface area contributed by atoms with Crippen molar-refractivity contribution in [3.8, 4) is 5.75 Å². The summed E-state index contributed by atoms with van der Waals surface area (Å²) in [5, 5.41) is 7.79. The molecule has 6 rings (SSSR count). The van der Waals surface area contributed by atoms with E-state index in [4.69, 9.17) is 9.72 Å². The average molecular weight is 594 g/mol. The maximum absolute atomic E-state index is 13.2. The molecule has 5 heterocycles. The van der Waals surface area contributed by atoms with Crippen molar-refractivity contribution in [2.24, 2.45) is 0 Å². The summed E-state index contributed by atoms with van der Waals surface area (Å²) in [6.07, 6.45) is 0.333. The lowest BCUT2D eigenvalue weighted by Crippen LogP contribution is -2.52. The molecule has 12 heteroatoms. The number of aryl methyl sites for hydroxylation is 1. The van der Waals surface area contributed by atoms with Gasteiger partial charge in [0.1, 0.15) is 11.6 Å². The molecule has 1 aromatic carbocycles. The van der Waals surface area contributed by atoms with Crippen molar-refractivity contribution in [2.45, 2.75) is 50.7 Å². The summed E-state index contributed by atoms with van der Waals surface area (Å²) in [4.78, 5) is 25.3. The number of fused-ring (bicyclic) bond motifs is 1. The van der Waals surface area contributed by atoms with Crippen LogP contribution >= 0.6 is 0 Å². The molecular weight excluding hydrogens is 559 g/mol. The van der Waals surface area contributed by atoms with E-state index in [2.05, 4.69) is 34.5 Å². The third-order valence-electron chi connectivity index (χ3n) is 8.38. The number of piperidine rings is 1. The minimum atomic E-state index is -4.42. The molecule has 3 aromatic heterocycles. The third-order valence-corrected chi connectivity index (χ3v) is 8.38. The van der Waals surface area contributed by atoms with Crippen molar-refractivity contribution in [2.75, 3.05) is 37.7 Å². The lowest BCUT2D eigenvalue weighted by atomic mass is 9.88. The predicted molar refractivity (Wildman–Crippen MR) is 155 cm³/mol. The van der Waals surface area contributed by atoms with E-state index in [0.717, 1.165) is 29.1 Å². The largest absolute Gasteiger partial charge is 0.491 e. The molecule has 2 saturated heterocycles. The quantitative estimate of drug-likeness (QED) is 0.301. The van der Waals surface area contributed by atoms with Crippen LogP contribution in [0.15, 0.2) is 60.9 Å². The minimum absolute atomic E-state index is 0.145. The van der Waals surface area contributed by atoms with Crippen molar-refractivity contribution < 1.29 is 22.7 Å². The summed E-state index contributed by atoms with van der Waals surface area (Å²) in [7, 11) is 0. The number of amides is 2. The van der Waals surface area contributed by atoms with Crippen LogP contribution in [-0.4, -0.2) is 68.8 Å². The average Bonchev–Trinajstić information content (AvgIpc) is 3.55. The molecule has 43 heavy (non-hydrogen) atoms.